The highest BCUT2D eigenvalue weighted by Gasteiger charge is 2.28. The van der Waals surface area contributed by atoms with Crippen LogP contribution in [0.25, 0.3) is 10.9 Å². The van der Waals surface area contributed by atoms with Gasteiger partial charge in [0.1, 0.15) is 11.5 Å². The summed E-state index contributed by atoms with van der Waals surface area (Å²) in [5.74, 6) is 1.09. The second kappa shape index (κ2) is 9.98. The molecule has 0 spiro atoms. The van der Waals surface area contributed by atoms with Crippen molar-refractivity contribution in [1.29, 1.82) is 0 Å². The molecule has 7 nitrogen and oxygen atoms in total. The van der Waals surface area contributed by atoms with Crippen LogP contribution in [0.4, 0.5) is 0 Å². The van der Waals surface area contributed by atoms with Crippen LogP contribution in [0, 0.1) is 12.8 Å². The number of para-hydroxylation sites is 1. The fraction of sp³-hybridized carbons (Fsp3) is 0.385. The van der Waals surface area contributed by atoms with Crippen molar-refractivity contribution in [2.24, 2.45) is 5.92 Å². The Kier molecular flexibility index (Phi) is 6.87. The van der Waals surface area contributed by atoms with E-state index in [2.05, 4.69) is 35.0 Å². The zero-order chi connectivity index (χ0) is 23.4. The largest absolute Gasteiger partial charge is 0.497 e. The number of ether oxygens (including phenoxy) is 2. The number of fused-ring (bicyclic) bond motifs is 1. The highest BCUT2D eigenvalue weighted by atomic mass is 16.5. The van der Waals surface area contributed by atoms with Crippen LogP contribution in [0.5, 0.6) is 11.5 Å². The summed E-state index contributed by atoms with van der Waals surface area (Å²) in [5.41, 5.74) is 2.90. The molecule has 0 radical (unpaired) electrons. The summed E-state index contributed by atoms with van der Waals surface area (Å²) in [5, 5.41) is 4.31. The summed E-state index contributed by atoms with van der Waals surface area (Å²) in [6.07, 6.45) is 1.31. The number of likely N-dealkylation sites (tertiary alicyclic amines) is 1. The van der Waals surface area contributed by atoms with Crippen molar-refractivity contribution in [3.63, 3.8) is 0 Å². The Labute approximate surface area is 194 Å². The Morgan fingerprint density at radius 1 is 1.00 bits per heavy atom. The Balaban J connectivity index is 1.29. The smallest absolute Gasteiger partial charge is 0.254 e. The van der Waals surface area contributed by atoms with Crippen molar-refractivity contribution >= 4 is 22.7 Å². The summed E-state index contributed by atoms with van der Waals surface area (Å²) in [7, 11) is 3.13. The molecule has 2 amide bonds. The number of amides is 2. The molecule has 4 rings (SSSR count). The predicted octanol–water partition coefficient (Wildman–Crippen LogP) is 3.64. The molecule has 0 unspecified atom stereocenters. The maximum Gasteiger partial charge on any atom is 0.254 e. The van der Waals surface area contributed by atoms with E-state index in [-0.39, 0.29) is 17.7 Å². The van der Waals surface area contributed by atoms with Crippen LogP contribution in [0.1, 0.15) is 28.9 Å². The lowest BCUT2D eigenvalue weighted by Crippen LogP contribution is -2.43. The van der Waals surface area contributed by atoms with Crippen LogP contribution in [-0.4, -0.2) is 55.1 Å². The predicted molar refractivity (Wildman–Crippen MR) is 128 cm³/mol. The van der Waals surface area contributed by atoms with Crippen LogP contribution in [0.2, 0.25) is 0 Å². The number of hydrogen-bond acceptors (Lipinski definition) is 4. The minimum atomic E-state index is -0.0728. The quantitative estimate of drug-likeness (QED) is 0.598. The normalized spacial score (nSPS) is 14.3. The highest BCUT2D eigenvalue weighted by molar-refractivity contribution is 5.95. The molecule has 7 heteroatoms. The van der Waals surface area contributed by atoms with Crippen LogP contribution >= 0.6 is 0 Å². The first-order valence-electron chi connectivity index (χ1n) is 11.3. The van der Waals surface area contributed by atoms with E-state index in [1.807, 2.05) is 12.1 Å². The zero-order valence-corrected chi connectivity index (χ0v) is 19.5. The molecule has 33 heavy (non-hydrogen) atoms. The van der Waals surface area contributed by atoms with E-state index in [9.17, 15) is 9.59 Å². The molecule has 0 bridgehead atoms. The van der Waals surface area contributed by atoms with Gasteiger partial charge in [-0.2, -0.15) is 0 Å². The fourth-order valence-electron chi connectivity index (χ4n) is 4.54. The molecule has 1 fully saturated rings. The lowest BCUT2D eigenvalue weighted by molar-refractivity contribution is -0.126. The minimum Gasteiger partial charge on any atom is -0.497 e. The fourth-order valence-corrected chi connectivity index (χ4v) is 4.54. The van der Waals surface area contributed by atoms with Gasteiger partial charge in [-0.15, -0.1) is 0 Å². The number of methoxy groups -OCH3 is 2. The van der Waals surface area contributed by atoms with Crippen molar-refractivity contribution in [2.45, 2.75) is 26.3 Å². The van der Waals surface area contributed by atoms with Gasteiger partial charge in [0, 0.05) is 54.9 Å². The van der Waals surface area contributed by atoms with Gasteiger partial charge in [0.15, 0.2) is 0 Å². The Morgan fingerprint density at radius 3 is 2.33 bits per heavy atom. The van der Waals surface area contributed by atoms with Crippen molar-refractivity contribution < 1.29 is 19.1 Å². The third-order valence-electron chi connectivity index (χ3n) is 6.40. The van der Waals surface area contributed by atoms with Gasteiger partial charge in [-0.25, -0.2) is 0 Å². The molecule has 2 aromatic carbocycles. The molecule has 2 heterocycles. The lowest BCUT2D eigenvalue weighted by Gasteiger charge is -2.31. The number of carbonyl (C=O) groups is 2. The average Bonchev–Trinajstić information content (AvgIpc) is 3.18. The summed E-state index contributed by atoms with van der Waals surface area (Å²) in [6.45, 7) is 4.52. The number of carbonyl (C=O) groups excluding carboxylic acids is 2. The maximum atomic E-state index is 13.0. The van der Waals surface area contributed by atoms with Gasteiger partial charge in [0.2, 0.25) is 5.91 Å². The third kappa shape index (κ3) is 4.97. The van der Waals surface area contributed by atoms with E-state index in [0.717, 1.165) is 6.54 Å². The highest BCUT2D eigenvalue weighted by Crippen LogP contribution is 2.25. The van der Waals surface area contributed by atoms with E-state index in [1.165, 1.54) is 16.6 Å². The number of rotatable bonds is 7. The topological polar surface area (TPSA) is 72.8 Å². The Hall–Kier alpha value is -3.48. The number of aromatic nitrogens is 1. The number of aryl methyl sites for hydroxylation is 1. The van der Waals surface area contributed by atoms with Crippen molar-refractivity contribution in [1.82, 2.24) is 14.8 Å². The van der Waals surface area contributed by atoms with E-state index in [1.54, 1.807) is 37.3 Å². The third-order valence-corrected chi connectivity index (χ3v) is 6.40. The SMILES string of the molecule is COc1cc(OC)cc(C(=O)N2CCC(C(=O)NCCn3c(C)cc4ccccc43)CC2)c1. The molecule has 1 N–H and O–H groups in total. The molecule has 1 saturated heterocycles. The molecule has 0 saturated carbocycles. The maximum absolute atomic E-state index is 13.0. The molecule has 1 aliphatic heterocycles. The summed E-state index contributed by atoms with van der Waals surface area (Å²) < 4.78 is 12.8. The standard InChI is InChI=1S/C26H31N3O4/c1-18-14-20-6-4-5-7-24(20)29(18)13-10-27-25(30)19-8-11-28(12-9-19)26(31)21-15-22(32-2)17-23(16-21)33-3/h4-7,14-17,19H,8-13H2,1-3H3,(H,27,30). The minimum absolute atomic E-state index is 0.0685. The molecular formula is C26H31N3O4. The lowest BCUT2D eigenvalue weighted by atomic mass is 9.95. The second-order valence-corrected chi connectivity index (χ2v) is 8.46. The van der Waals surface area contributed by atoms with Crippen molar-refractivity contribution in [3.8, 4) is 11.5 Å². The molecule has 0 aliphatic carbocycles. The summed E-state index contributed by atoms with van der Waals surface area (Å²) >= 11 is 0. The van der Waals surface area contributed by atoms with Crippen molar-refractivity contribution in [2.75, 3.05) is 33.9 Å². The van der Waals surface area contributed by atoms with Crippen LogP contribution in [0.3, 0.4) is 0 Å². The number of hydrogen-bond donors (Lipinski definition) is 1. The summed E-state index contributed by atoms with van der Waals surface area (Å²) in [6, 6.07) is 15.6. The van der Waals surface area contributed by atoms with Gasteiger partial charge in [0.05, 0.1) is 14.2 Å². The van der Waals surface area contributed by atoms with Crippen LogP contribution < -0.4 is 14.8 Å². The first kappa shape index (κ1) is 22.7. The first-order valence-corrected chi connectivity index (χ1v) is 11.3. The monoisotopic (exact) mass is 449 g/mol. The van der Waals surface area contributed by atoms with Gasteiger partial charge in [-0.3, -0.25) is 9.59 Å². The van der Waals surface area contributed by atoms with E-state index in [4.69, 9.17) is 9.47 Å². The molecular weight excluding hydrogens is 418 g/mol. The number of benzene rings is 2. The number of piperidine rings is 1. The molecule has 1 aromatic heterocycles. The Morgan fingerprint density at radius 2 is 1.67 bits per heavy atom. The van der Waals surface area contributed by atoms with E-state index in [0.29, 0.717) is 49.5 Å². The van der Waals surface area contributed by atoms with Crippen LogP contribution in [-0.2, 0) is 11.3 Å². The van der Waals surface area contributed by atoms with Gasteiger partial charge < -0.3 is 24.3 Å². The molecule has 174 valence electrons. The van der Waals surface area contributed by atoms with E-state index >= 15 is 0 Å². The zero-order valence-electron chi connectivity index (χ0n) is 19.5. The van der Waals surface area contributed by atoms with Crippen molar-refractivity contribution in [3.05, 3.63) is 59.8 Å². The number of nitrogens with zero attached hydrogens (tertiary/aromatic N) is 2. The molecule has 1 aliphatic rings. The second-order valence-electron chi connectivity index (χ2n) is 8.46. The first-order chi connectivity index (χ1) is 16.0. The van der Waals surface area contributed by atoms with Gasteiger partial charge in [-0.1, -0.05) is 18.2 Å². The average molecular weight is 450 g/mol. The molecule has 0 atom stereocenters. The number of nitrogens with one attached hydrogen (secondary N) is 1. The van der Waals surface area contributed by atoms with Gasteiger partial charge >= 0.3 is 0 Å². The van der Waals surface area contributed by atoms with Gasteiger partial charge in [0.25, 0.3) is 5.91 Å². The van der Waals surface area contributed by atoms with Gasteiger partial charge in [-0.05, 0) is 49.4 Å². The summed E-state index contributed by atoms with van der Waals surface area (Å²) in [4.78, 5) is 27.5. The Bertz CT molecular complexity index is 1120. The van der Waals surface area contributed by atoms with E-state index < -0.39 is 0 Å². The van der Waals surface area contributed by atoms with Crippen LogP contribution in [0.15, 0.2) is 48.5 Å². The molecule has 3 aromatic rings.